The minimum Gasteiger partial charge on any atom is -0.380 e. The number of carbonyl (C=O) groups is 1. The molecule has 6 nitrogen and oxygen atoms in total. The van der Waals surface area contributed by atoms with E-state index in [-0.39, 0.29) is 11.4 Å². The molecule has 3 aromatic rings. The molecule has 2 N–H and O–H groups in total. The van der Waals surface area contributed by atoms with Gasteiger partial charge in [0.15, 0.2) is 5.84 Å². The highest BCUT2D eigenvalue weighted by Crippen LogP contribution is 2.26. The predicted molar refractivity (Wildman–Crippen MR) is 99.3 cm³/mol. The third-order valence-electron chi connectivity index (χ3n) is 3.55. The first kappa shape index (κ1) is 18.0. The lowest BCUT2D eigenvalue weighted by atomic mass is 10.1. The molecule has 2 aromatic carbocycles. The Balaban J connectivity index is 1.86. The second-order valence-electron chi connectivity index (χ2n) is 5.31. The number of oxime groups is 1. The summed E-state index contributed by atoms with van der Waals surface area (Å²) in [4.78, 5) is 17.4. The van der Waals surface area contributed by atoms with Gasteiger partial charge in [0.05, 0.1) is 5.02 Å². The molecule has 0 fully saturated rings. The maximum atomic E-state index is 12.5. The fourth-order valence-corrected chi connectivity index (χ4v) is 2.79. The van der Waals surface area contributed by atoms with Gasteiger partial charge >= 0.3 is 5.97 Å². The second kappa shape index (κ2) is 7.59. The lowest BCUT2D eigenvalue weighted by Crippen LogP contribution is -2.16. The second-order valence-corrected chi connectivity index (χ2v) is 6.15. The minimum atomic E-state index is -0.740. The maximum absolute atomic E-state index is 12.5. The summed E-state index contributed by atoms with van der Waals surface area (Å²) in [5, 5.41) is 8.34. The van der Waals surface area contributed by atoms with Gasteiger partial charge in [0, 0.05) is 16.1 Å². The van der Waals surface area contributed by atoms with Crippen molar-refractivity contribution in [3.8, 4) is 11.3 Å². The Hall–Kier alpha value is -2.83. The first-order valence-electron chi connectivity index (χ1n) is 7.49. The summed E-state index contributed by atoms with van der Waals surface area (Å²) in [5.41, 5.74) is 7.50. The Kier molecular flexibility index (Phi) is 5.25. The number of aromatic nitrogens is 1. The molecule has 0 bridgehead atoms. The molecule has 0 saturated heterocycles. The largest absolute Gasteiger partial charge is 0.380 e. The van der Waals surface area contributed by atoms with Gasteiger partial charge in [-0.1, -0.05) is 63.8 Å². The van der Waals surface area contributed by atoms with Crippen LogP contribution in [-0.2, 0) is 4.84 Å². The van der Waals surface area contributed by atoms with Crippen molar-refractivity contribution < 1.29 is 14.2 Å². The molecule has 0 amide bonds. The van der Waals surface area contributed by atoms with E-state index in [1.165, 1.54) is 6.07 Å². The topological polar surface area (TPSA) is 90.7 Å². The molecular weight excluding hydrogens is 377 g/mol. The van der Waals surface area contributed by atoms with Crippen molar-refractivity contribution in [3.05, 3.63) is 75.5 Å². The van der Waals surface area contributed by atoms with E-state index in [1.54, 1.807) is 31.2 Å². The van der Waals surface area contributed by atoms with Gasteiger partial charge in [-0.25, -0.2) is 4.79 Å². The minimum absolute atomic E-state index is 0.0598. The third-order valence-corrected chi connectivity index (χ3v) is 4.10. The van der Waals surface area contributed by atoms with E-state index in [2.05, 4.69) is 10.3 Å². The van der Waals surface area contributed by atoms with Gasteiger partial charge in [-0.15, -0.1) is 0 Å². The van der Waals surface area contributed by atoms with E-state index in [0.717, 1.165) is 0 Å². The van der Waals surface area contributed by atoms with Crippen LogP contribution in [0.25, 0.3) is 11.3 Å². The summed E-state index contributed by atoms with van der Waals surface area (Å²) >= 11 is 11.9. The zero-order valence-electron chi connectivity index (χ0n) is 13.6. The molecule has 0 aliphatic heterocycles. The average molecular weight is 390 g/mol. The standard InChI is InChI=1S/C18H13Cl2N3O3/c1-10-15(16(22-25-10)11-5-3-2-4-6-11)18(24)26-23-17(21)13-8-7-12(19)9-14(13)20/h2-9H,1H3,(H2,21,23). The average Bonchev–Trinajstić information content (AvgIpc) is 3.02. The smallest absolute Gasteiger partial charge is 0.371 e. The number of nitrogens with two attached hydrogens (primary N) is 1. The van der Waals surface area contributed by atoms with Crippen LogP contribution in [0.15, 0.2) is 58.2 Å². The molecule has 0 aliphatic rings. The van der Waals surface area contributed by atoms with Crippen LogP contribution in [-0.4, -0.2) is 17.0 Å². The van der Waals surface area contributed by atoms with Crippen molar-refractivity contribution in [1.82, 2.24) is 5.16 Å². The number of rotatable bonds is 4. The lowest BCUT2D eigenvalue weighted by molar-refractivity contribution is 0.0515. The summed E-state index contributed by atoms with van der Waals surface area (Å²) in [6.45, 7) is 1.61. The van der Waals surface area contributed by atoms with Gasteiger partial charge in [0.25, 0.3) is 0 Å². The first-order valence-corrected chi connectivity index (χ1v) is 8.25. The van der Waals surface area contributed by atoms with Crippen LogP contribution in [0.2, 0.25) is 10.0 Å². The summed E-state index contributed by atoms with van der Waals surface area (Å²) in [6.07, 6.45) is 0. The number of benzene rings is 2. The van der Waals surface area contributed by atoms with Crippen LogP contribution in [0.3, 0.4) is 0 Å². The monoisotopic (exact) mass is 389 g/mol. The predicted octanol–water partition coefficient (Wildman–Crippen LogP) is 4.43. The molecule has 1 heterocycles. The molecule has 0 spiro atoms. The van der Waals surface area contributed by atoms with Crippen LogP contribution >= 0.6 is 23.2 Å². The Morgan fingerprint density at radius 2 is 1.92 bits per heavy atom. The summed E-state index contributed by atoms with van der Waals surface area (Å²) in [6, 6.07) is 13.8. The normalized spacial score (nSPS) is 11.4. The van der Waals surface area contributed by atoms with Gasteiger partial charge in [0.2, 0.25) is 0 Å². The molecule has 0 unspecified atom stereocenters. The van der Waals surface area contributed by atoms with Gasteiger partial charge in [-0.05, 0) is 25.1 Å². The van der Waals surface area contributed by atoms with E-state index in [1.807, 2.05) is 18.2 Å². The molecule has 8 heteroatoms. The van der Waals surface area contributed by atoms with Crippen molar-refractivity contribution in [2.24, 2.45) is 10.9 Å². The van der Waals surface area contributed by atoms with E-state index in [0.29, 0.717) is 32.6 Å². The molecule has 0 saturated carbocycles. The number of amidine groups is 1. The number of hydrogen-bond acceptors (Lipinski definition) is 5. The quantitative estimate of drug-likeness (QED) is 0.308. The van der Waals surface area contributed by atoms with Crippen LogP contribution < -0.4 is 5.73 Å². The van der Waals surface area contributed by atoms with Crippen LogP contribution in [0.4, 0.5) is 0 Å². The van der Waals surface area contributed by atoms with Crippen molar-refractivity contribution >= 4 is 35.0 Å². The van der Waals surface area contributed by atoms with Gasteiger partial charge < -0.3 is 15.1 Å². The van der Waals surface area contributed by atoms with E-state index in [9.17, 15) is 4.79 Å². The van der Waals surface area contributed by atoms with Crippen LogP contribution in [0.1, 0.15) is 21.7 Å². The van der Waals surface area contributed by atoms with E-state index < -0.39 is 5.97 Å². The fraction of sp³-hybridized carbons (Fsp3) is 0.0556. The van der Waals surface area contributed by atoms with Crippen molar-refractivity contribution in [2.45, 2.75) is 6.92 Å². The van der Waals surface area contributed by atoms with Crippen LogP contribution in [0.5, 0.6) is 0 Å². The van der Waals surface area contributed by atoms with Crippen molar-refractivity contribution in [2.75, 3.05) is 0 Å². The molecule has 1 aromatic heterocycles. The summed E-state index contributed by atoms with van der Waals surface area (Å²) in [5.74, 6) is -0.488. The maximum Gasteiger partial charge on any atom is 0.371 e. The van der Waals surface area contributed by atoms with Crippen molar-refractivity contribution in [3.63, 3.8) is 0 Å². The molecule has 132 valence electrons. The number of aryl methyl sites for hydroxylation is 1. The van der Waals surface area contributed by atoms with Gasteiger partial charge in [-0.2, -0.15) is 0 Å². The first-order chi connectivity index (χ1) is 12.5. The zero-order valence-corrected chi connectivity index (χ0v) is 15.1. The Bertz CT molecular complexity index is 985. The van der Waals surface area contributed by atoms with Gasteiger partial charge in [-0.3, -0.25) is 0 Å². The number of halogens is 2. The highest BCUT2D eigenvalue weighted by Gasteiger charge is 2.23. The zero-order chi connectivity index (χ0) is 18.7. The molecule has 0 atom stereocenters. The fourth-order valence-electron chi connectivity index (χ4n) is 2.29. The molecule has 3 rings (SSSR count). The molecule has 0 aliphatic carbocycles. The van der Waals surface area contributed by atoms with Gasteiger partial charge in [0.1, 0.15) is 17.0 Å². The Morgan fingerprint density at radius 1 is 1.19 bits per heavy atom. The molecular formula is C18H13Cl2N3O3. The van der Waals surface area contributed by atoms with E-state index >= 15 is 0 Å². The Labute approximate surface area is 159 Å². The van der Waals surface area contributed by atoms with Crippen molar-refractivity contribution in [1.29, 1.82) is 0 Å². The Morgan fingerprint density at radius 3 is 2.62 bits per heavy atom. The number of nitrogens with zero attached hydrogens (tertiary/aromatic N) is 2. The highest BCUT2D eigenvalue weighted by atomic mass is 35.5. The lowest BCUT2D eigenvalue weighted by Gasteiger charge is -2.04. The van der Waals surface area contributed by atoms with E-state index in [4.69, 9.17) is 38.3 Å². The summed E-state index contributed by atoms with van der Waals surface area (Å²) < 4.78 is 5.13. The number of carbonyl (C=O) groups excluding carboxylic acids is 1. The van der Waals surface area contributed by atoms with Crippen LogP contribution in [0, 0.1) is 6.92 Å². The molecule has 0 radical (unpaired) electrons. The third kappa shape index (κ3) is 3.71. The SMILES string of the molecule is Cc1onc(-c2ccccc2)c1C(=O)O/N=C(/N)c1ccc(Cl)cc1Cl. The number of hydrogen-bond donors (Lipinski definition) is 1. The molecule has 26 heavy (non-hydrogen) atoms. The highest BCUT2D eigenvalue weighted by molar-refractivity contribution is 6.36. The summed E-state index contributed by atoms with van der Waals surface area (Å²) in [7, 11) is 0.